The van der Waals surface area contributed by atoms with Crippen molar-refractivity contribution in [2.45, 2.75) is 0 Å². The molecule has 0 unspecified atom stereocenters. The van der Waals surface area contributed by atoms with Gasteiger partial charge < -0.3 is 15.6 Å². The maximum absolute atomic E-state index is 9.28. The fourth-order valence-corrected chi connectivity index (χ4v) is 0.672. The van der Waals surface area contributed by atoms with Crippen LogP contribution >= 0.6 is 0 Å². The summed E-state index contributed by atoms with van der Waals surface area (Å²) in [6.45, 7) is 1.90. The van der Waals surface area contributed by atoms with Gasteiger partial charge >= 0.3 is 0 Å². The molecule has 0 saturated carbocycles. The summed E-state index contributed by atoms with van der Waals surface area (Å²) in [5.74, 6) is 0.751. The standard InChI is InChI=1S/C4H8N4O2/c9-10-8-7-3-4-5-1-2-6-4/h9H,1-3H2,(H,5,6)/p-1. The van der Waals surface area contributed by atoms with Crippen LogP contribution in [0.1, 0.15) is 0 Å². The van der Waals surface area contributed by atoms with E-state index in [0.717, 1.165) is 18.9 Å². The van der Waals surface area contributed by atoms with E-state index < -0.39 is 0 Å². The van der Waals surface area contributed by atoms with Crippen LogP contribution in [0, 0.1) is 0 Å². The smallest absolute Gasteiger partial charge is 0.121 e. The number of amidine groups is 1. The first-order valence-electron chi connectivity index (χ1n) is 2.86. The Kier molecular flexibility index (Phi) is 2.62. The van der Waals surface area contributed by atoms with Gasteiger partial charge in [0.15, 0.2) is 0 Å². The topological polar surface area (TPSA) is 81.4 Å². The normalized spacial score (nSPS) is 17.1. The number of hydrogen-bond donors (Lipinski definition) is 1. The molecule has 0 bridgehead atoms. The number of rotatable bonds is 3. The molecular weight excluding hydrogens is 136 g/mol. The van der Waals surface area contributed by atoms with Crippen molar-refractivity contribution in [1.29, 1.82) is 0 Å². The summed E-state index contributed by atoms with van der Waals surface area (Å²) < 4.78 is 0. The van der Waals surface area contributed by atoms with Crippen molar-refractivity contribution in [3.63, 3.8) is 0 Å². The lowest BCUT2D eigenvalue weighted by molar-refractivity contribution is -0.694. The Morgan fingerprint density at radius 2 is 2.70 bits per heavy atom. The first kappa shape index (κ1) is 6.94. The van der Waals surface area contributed by atoms with Crippen LogP contribution in [0.25, 0.3) is 0 Å². The molecule has 0 radical (unpaired) electrons. The molecule has 0 aromatic heterocycles. The molecule has 0 aliphatic carbocycles. The highest BCUT2D eigenvalue weighted by Crippen LogP contribution is 1.85. The molecule has 0 aromatic rings. The second kappa shape index (κ2) is 3.78. The maximum Gasteiger partial charge on any atom is 0.121 e. The SMILES string of the molecule is [O-]ON=NCC1=NCCN1. The van der Waals surface area contributed by atoms with Crippen LogP contribution in [-0.4, -0.2) is 25.5 Å². The predicted molar refractivity (Wildman–Crippen MR) is 31.1 cm³/mol. The van der Waals surface area contributed by atoms with Gasteiger partial charge in [0, 0.05) is 11.8 Å². The van der Waals surface area contributed by atoms with Gasteiger partial charge in [-0.05, 0) is 0 Å². The fraction of sp³-hybridized carbons (Fsp3) is 0.750. The first-order valence-corrected chi connectivity index (χ1v) is 2.86. The number of nitrogens with zero attached hydrogens (tertiary/aromatic N) is 3. The average molecular weight is 143 g/mol. The predicted octanol–water partition coefficient (Wildman–Crippen LogP) is -1.35. The Labute approximate surface area is 57.5 Å². The van der Waals surface area contributed by atoms with Gasteiger partial charge in [-0.2, -0.15) is 0 Å². The van der Waals surface area contributed by atoms with E-state index in [4.69, 9.17) is 0 Å². The highest BCUT2D eigenvalue weighted by Gasteiger charge is 2.01. The van der Waals surface area contributed by atoms with Crippen LogP contribution in [0.5, 0.6) is 0 Å². The van der Waals surface area contributed by atoms with Gasteiger partial charge in [-0.3, -0.25) is 4.99 Å². The van der Waals surface area contributed by atoms with Gasteiger partial charge in [0.25, 0.3) is 0 Å². The van der Waals surface area contributed by atoms with Crippen molar-refractivity contribution in [1.82, 2.24) is 5.32 Å². The first-order chi connectivity index (χ1) is 4.93. The van der Waals surface area contributed by atoms with Crippen molar-refractivity contribution in [3.05, 3.63) is 0 Å². The summed E-state index contributed by atoms with van der Waals surface area (Å²) in [4.78, 5) is 7.13. The zero-order chi connectivity index (χ0) is 7.23. The van der Waals surface area contributed by atoms with Crippen LogP contribution in [0.3, 0.4) is 0 Å². The Bertz CT molecular complexity index is 155. The molecule has 1 heterocycles. The lowest BCUT2D eigenvalue weighted by atomic mass is 10.6. The molecule has 6 nitrogen and oxygen atoms in total. The molecule has 1 N–H and O–H groups in total. The maximum atomic E-state index is 9.28. The monoisotopic (exact) mass is 143 g/mol. The highest BCUT2D eigenvalue weighted by atomic mass is 17.2. The van der Waals surface area contributed by atoms with Crippen molar-refractivity contribution >= 4 is 5.84 Å². The minimum atomic E-state index is 0.294. The minimum absolute atomic E-state index is 0.294. The molecular formula is C4H7N4O2-. The molecule has 10 heavy (non-hydrogen) atoms. The molecule has 1 aliphatic rings. The molecule has 1 aliphatic heterocycles. The van der Waals surface area contributed by atoms with Crippen LogP contribution < -0.4 is 10.6 Å². The third kappa shape index (κ3) is 1.98. The zero-order valence-corrected chi connectivity index (χ0v) is 5.28. The molecule has 6 heteroatoms. The molecule has 0 atom stereocenters. The van der Waals surface area contributed by atoms with Crippen LogP contribution in [-0.2, 0) is 4.99 Å². The van der Waals surface area contributed by atoms with E-state index in [1.807, 2.05) is 0 Å². The lowest BCUT2D eigenvalue weighted by Crippen LogP contribution is -2.20. The number of aliphatic imine (C=N–C) groups is 1. The largest absolute Gasteiger partial charge is 0.636 e. The van der Waals surface area contributed by atoms with E-state index in [2.05, 4.69) is 25.7 Å². The molecule has 0 aromatic carbocycles. The van der Waals surface area contributed by atoms with Crippen molar-refractivity contribution < 1.29 is 10.2 Å². The van der Waals surface area contributed by atoms with E-state index >= 15 is 0 Å². The molecule has 0 spiro atoms. The highest BCUT2D eigenvalue weighted by molar-refractivity contribution is 5.85. The Balaban J connectivity index is 2.18. The summed E-state index contributed by atoms with van der Waals surface area (Å²) >= 11 is 0. The van der Waals surface area contributed by atoms with Gasteiger partial charge in [0.2, 0.25) is 0 Å². The summed E-state index contributed by atoms with van der Waals surface area (Å²) in [6.07, 6.45) is 0. The molecule has 56 valence electrons. The quantitative estimate of drug-likeness (QED) is 0.301. The molecule has 0 saturated heterocycles. The Morgan fingerprint density at radius 3 is 3.30 bits per heavy atom. The summed E-state index contributed by atoms with van der Waals surface area (Å²) in [7, 11) is 0. The van der Waals surface area contributed by atoms with Crippen LogP contribution in [0.4, 0.5) is 0 Å². The fourth-order valence-electron chi connectivity index (χ4n) is 0.672. The molecule has 1 rings (SSSR count). The second-order valence-corrected chi connectivity index (χ2v) is 1.71. The van der Waals surface area contributed by atoms with E-state index in [-0.39, 0.29) is 0 Å². The van der Waals surface area contributed by atoms with Gasteiger partial charge in [-0.15, -0.1) is 5.11 Å². The van der Waals surface area contributed by atoms with E-state index in [9.17, 15) is 5.26 Å². The third-order valence-corrected chi connectivity index (χ3v) is 1.06. The summed E-state index contributed by atoms with van der Waals surface area (Å²) in [5, 5.41) is 18.4. The van der Waals surface area contributed by atoms with Crippen molar-refractivity contribution in [3.8, 4) is 0 Å². The number of nitrogens with one attached hydrogen (secondary N) is 1. The Hall–Kier alpha value is -1.17. The van der Waals surface area contributed by atoms with Crippen LogP contribution in [0.2, 0.25) is 0 Å². The van der Waals surface area contributed by atoms with Gasteiger partial charge in [-0.25, -0.2) is 0 Å². The van der Waals surface area contributed by atoms with Gasteiger partial charge in [0.05, 0.1) is 6.54 Å². The number of hydrogen-bond acceptors (Lipinski definition) is 6. The Morgan fingerprint density at radius 1 is 1.80 bits per heavy atom. The van der Waals surface area contributed by atoms with E-state index in [1.165, 1.54) is 0 Å². The van der Waals surface area contributed by atoms with E-state index in [0.29, 0.717) is 6.54 Å². The molecule has 0 fully saturated rings. The average Bonchev–Trinajstić information content (AvgIpc) is 2.41. The van der Waals surface area contributed by atoms with Crippen LogP contribution in [0.15, 0.2) is 15.4 Å². The summed E-state index contributed by atoms with van der Waals surface area (Å²) in [6, 6.07) is 0. The third-order valence-electron chi connectivity index (χ3n) is 1.06. The molecule has 0 amide bonds. The summed E-state index contributed by atoms with van der Waals surface area (Å²) in [5.41, 5.74) is 0. The minimum Gasteiger partial charge on any atom is -0.636 e. The van der Waals surface area contributed by atoms with Gasteiger partial charge in [0.1, 0.15) is 12.4 Å². The van der Waals surface area contributed by atoms with Gasteiger partial charge in [-0.1, -0.05) is 0 Å². The zero-order valence-electron chi connectivity index (χ0n) is 5.28. The van der Waals surface area contributed by atoms with Crippen molar-refractivity contribution in [2.24, 2.45) is 15.4 Å². The van der Waals surface area contributed by atoms with Crippen molar-refractivity contribution in [2.75, 3.05) is 19.6 Å². The lowest BCUT2D eigenvalue weighted by Gasteiger charge is -1.96. The van der Waals surface area contributed by atoms with E-state index in [1.54, 1.807) is 0 Å². The second-order valence-electron chi connectivity index (χ2n) is 1.71.